The highest BCUT2D eigenvalue weighted by atomic mass is 35.5. The number of nitrogens with zero attached hydrogens (tertiary/aromatic N) is 2. The van der Waals surface area contributed by atoms with Gasteiger partial charge in [0.25, 0.3) is 0 Å². The maximum Gasteiger partial charge on any atom is 0.324 e. The zero-order valence-electron chi connectivity index (χ0n) is 13.3. The van der Waals surface area contributed by atoms with Gasteiger partial charge in [0.2, 0.25) is 5.91 Å². The first-order chi connectivity index (χ1) is 12.0. The number of hydrogen-bond donors (Lipinski definition) is 1. The maximum absolute atomic E-state index is 11.8. The Morgan fingerprint density at radius 1 is 1.32 bits per heavy atom. The fraction of sp³-hybridized carbons (Fsp3) is 0.294. The summed E-state index contributed by atoms with van der Waals surface area (Å²) in [7, 11) is 0. The lowest BCUT2D eigenvalue weighted by molar-refractivity contribution is -0.145. The summed E-state index contributed by atoms with van der Waals surface area (Å²) in [5, 5.41) is 3.64. The number of rotatable bonds is 6. The third-order valence-electron chi connectivity index (χ3n) is 3.84. The molecule has 1 N–H and O–H groups in total. The molecule has 0 unspecified atom stereocenters. The Labute approximate surface area is 148 Å². The average molecular weight is 362 g/mol. The third kappa shape index (κ3) is 4.06. The number of nitrogens with one attached hydrogen (secondary N) is 1. The Hall–Kier alpha value is -2.67. The van der Waals surface area contributed by atoms with Crippen molar-refractivity contribution < 1.29 is 19.1 Å². The first-order valence-corrected chi connectivity index (χ1v) is 8.20. The highest BCUT2D eigenvalue weighted by Crippen LogP contribution is 2.21. The summed E-state index contributed by atoms with van der Waals surface area (Å²) in [5.41, 5.74) is 1.40. The molecule has 1 aliphatic rings. The van der Waals surface area contributed by atoms with Crippen molar-refractivity contribution in [1.82, 2.24) is 15.2 Å². The minimum atomic E-state index is -0.424. The second-order valence-electron chi connectivity index (χ2n) is 5.60. The Kier molecular flexibility index (Phi) is 5.14. The summed E-state index contributed by atoms with van der Waals surface area (Å²) >= 11 is 6.12. The number of para-hydroxylation sites is 1. The van der Waals surface area contributed by atoms with Crippen molar-refractivity contribution >= 4 is 40.4 Å². The van der Waals surface area contributed by atoms with Crippen molar-refractivity contribution in [3.8, 4) is 0 Å². The summed E-state index contributed by atoms with van der Waals surface area (Å²) < 4.78 is 5.21. The number of halogens is 1. The lowest BCUT2D eigenvalue weighted by atomic mass is 10.2. The van der Waals surface area contributed by atoms with Gasteiger partial charge < -0.3 is 10.1 Å². The van der Waals surface area contributed by atoms with E-state index in [-0.39, 0.29) is 32.0 Å². The van der Waals surface area contributed by atoms with Crippen LogP contribution in [0.3, 0.4) is 0 Å². The normalized spacial score (nSPS) is 14.0. The van der Waals surface area contributed by atoms with Gasteiger partial charge in [0.1, 0.15) is 11.8 Å². The van der Waals surface area contributed by atoms with Gasteiger partial charge in [-0.25, -0.2) is 9.78 Å². The molecule has 1 aromatic carbocycles. The predicted molar refractivity (Wildman–Crippen MR) is 90.9 cm³/mol. The van der Waals surface area contributed by atoms with Crippen LogP contribution >= 0.6 is 11.6 Å². The standard InChI is InChI=1S/C17H16ClN3O4/c18-16-12(8-11-4-1-2-5-13(11)20-16)10-25-15(23)6-3-7-21-14(22)9-19-17(21)24/h1-2,4-5,8H,3,6-7,9-10H2,(H,19,24). The summed E-state index contributed by atoms with van der Waals surface area (Å²) in [5.74, 6) is -0.705. The first kappa shape index (κ1) is 17.2. The number of esters is 1. The molecule has 0 atom stereocenters. The van der Waals surface area contributed by atoms with E-state index in [9.17, 15) is 14.4 Å². The van der Waals surface area contributed by atoms with Gasteiger partial charge in [-0.15, -0.1) is 0 Å². The molecule has 1 aromatic heterocycles. The van der Waals surface area contributed by atoms with Crippen LogP contribution in [-0.2, 0) is 20.9 Å². The van der Waals surface area contributed by atoms with E-state index in [2.05, 4.69) is 10.3 Å². The van der Waals surface area contributed by atoms with E-state index in [1.165, 1.54) is 0 Å². The van der Waals surface area contributed by atoms with Crippen molar-refractivity contribution in [1.29, 1.82) is 0 Å². The summed E-state index contributed by atoms with van der Waals surface area (Å²) in [6.45, 7) is 0.230. The van der Waals surface area contributed by atoms with E-state index in [1.54, 1.807) is 0 Å². The number of ether oxygens (including phenoxy) is 1. The second-order valence-corrected chi connectivity index (χ2v) is 5.96. The molecule has 0 spiro atoms. The van der Waals surface area contributed by atoms with Crippen LogP contribution in [0.25, 0.3) is 10.9 Å². The molecule has 3 amide bonds. The topological polar surface area (TPSA) is 88.6 Å². The van der Waals surface area contributed by atoms with Crippen LogP contribution in [-0.4, -0.2) is 40.9 Å². The van der Waals surface area contributed by atoms with Crippen LogP contribution in [0.1, 0.15) is 18.4 Å². The van der Waals surface area contributed by atoms with Crippen LogP contribution in [0.2, 0.25) is 5.15 Å². The van der Waals surface area contributed by atoms with Gasteiger partial charge in [0.15, 0.2) is 0 Å². The number of amides is 3. The first-order valence-electron chi connectivity index (χ1n) is 7.82. The van der Waals surface area contributed by atoms with E-state index in [0.29, 0.717) is 17.1 Å². The fourth-order valence-corrected chi connectivity index (χ4v) is 2.73. The molecule has 130 valence electrons. The average Bonchev–Trinajstić information content (AvgIpc) is 2.92. The number of hydrogen-bond acceptors (Lipinski definition) is 5. The summed E-state index contributed by atoms with van der Waals surface area (Å²) in [6.07, 6.45) is 0.456. The molecule has 2 heterocycles. The lowest BCUT2D eigenvalue weighted by Crippen LogP contribution is -2.32. The number of aromatic nitrogens is 1. The number of urea groups is 1. The largest absolute Gasteiger partial charge is 0.461 e. The summed E-state index contributed by atoms with van der Waals surface area (Å²) in [6, 6.07) is 8.94. The molecule has 0 radical (unpaired) electrons. The second kappa shape index (κ2) is 7.48. The molecule has 1 fully saturated rings. The molecule has 7 nitrogen and oxygen atoms in total. The molecule has 0 bridgehead atoms. The fourth-order valence-electron chi connectivity index (χ4n) is 2.53. The molecular weight excluding hydrogens is 346 g/mol. The van der Waals surface area contributed by atoms with Crippen molar-refractivity contribution in [2.24, 2.45) is 0 Å². The molecular formula is C17H16ClN3O4. The van der Waals surface area contributed by atoms with Crippen molar-refractivity contribution in [3.63, 3.8) is 0 Å². The smallest absolute Gasteiger partial charge is 0.324 e. The summed E-state index contributed by atoms with van der Waals surface area (Å²) in [4.78, 5) is 40.0. The van der Waals surface area contributed by atoms with Gasteiger partial charge in [0.05, 0.1) is 12.1 Å². The molecule has 8 heteroatoms. The highest BCUT2D eigenvalue weighted by Gasteiger charge is 2.27. The van der Waals surface area contributed by atoms with E-state index in [1.807, 2.05) is 30.3 Å². The highest BCUT2D eigenvalue weighted by molar-refractivity contribution is 6.30. The zero-order chi connectivity index (χ0) is 17.8. The van der Waals surface area contributed by atoms with Gasteiger partial charge in [0, 0.05) is 23.9 Å². The predicted octanol–water partition coefficient (Wildman–Crippen LogP) is 2.26. The van der Waals surface area contributed by atoms with Gasteiger partial charge >= 0.3 is 12.0 Å². The van der Waals surface area contributed by atoms with Crippen LogP contribution in [0.15, 0.2) is 30.3 Å². The van der Waals surface area contributed by atoms with Crippen molar-refractivity contribution in [2.45, 2.75) is 19.4 Å². The van der Waals surface area contributed by atoms with Crippen LogP contribution in [0.5, 0.6) is 0 Å². The molecule has 0 aliphatic carbocycles. The van der Waals surface area contributed by atoms with Gasteiger partial charge in [-0.05, 0) is 18.6 Å². The number of imide groups is 1. The minimum Gasteiger partial charge on any atom is -0.461 e. The number of pyridine rings is 1. The Balaban J connectivity index is 1.50. The van der Waals surface area contributed by atoms with Gasteiger partial charge in [-0.2, -0.15) is 0 Å². The number of carbonyl (C=O) groups excluding carboxylic acids is 3. The zero-order valence-corrected chi connectivity index (χ0v) is 14.1. The Morgan fingerprint density at radius 2 is 2.12 bits per heavy atom. The SMILES string of the molecule is O=C(CCCN1C(=O)CNC1=O)OCc1cc2ccccc2nc1Cl. The molecule has 1 aliphatic heterocycles. The third-order valence-corrected chi connectivity index (χ3v) is 4.17. The van der Waals surface area contributed by atoms with Gasteiger partial charge in [-0.3, -0.25) is 14.5 Å². The number of benzene rings is 1. The van der Waals surface area contributed by atoms with E-state index >= 15 is 0 Å². The monoisotopic (exact) mass is 361 g/mol. The van der Waals surface area contributed by atoms with Crippen LogP contribution < -0.4 is 5.32 Å². The Morgan fingerprint density at radius 3 is 2.88 bits per heavy atom. The van der Waals surface area contributed by atoms with Gasteiger partial charge in [-0.1, -0.05) is 29.8 Å². The molecule has 25 heavy (non-hydrogen) atoms. The lowest BCUT2D eigenvalue weighted by Gasteiger charge is -2.12. The Bertz CT molecular complexity index is 824. The van der Waals surface area contributed by atoms with Crippen molar-refractivity contribution in [3.05, 3.63) is 41.0 Å². The minimum absolute atomic E-state index is 0.0107. The quantitative estimate of drug-likeness (QED) is 0.484. The van der Waals surface area contributed by atoms with E-state index < -0.39 is 12.0 Å². The molecule has 3 rings (SSSR count). The molecule has 1 saturated heterocycles. The van der Waals surface area contributed by atoms with Crippen LogP contribution in [0, 0.1) is 0 Å². The maximum atomic E-state index is 11.8. The van der Waals surface area contributed by atoms with E-state index in [0.717, 1.165) is 15.8 Å². The molecule has 0 saturated carbocycles. The number of fused-ring (bicyclic) bond motifs is 1. The number of carbonyl (C=O) groups is 3. The molecule has 2 aromatic rings. The van der Waals surface area contributed by atoms with Crippen LogP contribution in [0.4, 0.5) is 4.79 Å². The van der Waals surface area contributed by atoms with Crippen molar-refractivity contribution in [2.75, 3.05) is 13.1 Å². The van der Waals surface area contributed by atoms with E-state index in [4.69, 9.17) is 16.3 Å².